The molecule has 1 aromatic carbocycles. The molecule has 2 N–H and O–H groups in total. The fraction of sp³-hybridized carbons (Fsp3) is 0.400. The van der Waals surface area contributed by atoms with Gasteiger partial charge in [0.15, 0.2) is 0 Å². The zero-order valence-corrected chi connectivity index (χ0v) is 8.88. The molecule has 0 atom stereocenters. The van der Waals surface area contributed by atoms with Crippen molar-refractivity contribution in [2.45, 2.75) is 6.42 Å². The SMILES string of the molecule is COc1ccc(OCCCN)c(Cl)c1. The monoisotopic (exact) mass is 215 g/mol. The van der Waals surface area contributed by atoms with E-state index in [1.54, 1.807) is 19.2 Å². The number of hydrogen-bond acceptors (Lipinski definition) is 3. The van der Waals surface area contributed by atoms with Gasteiger partial charge in [0.1, 0.15) is 11.5 Å². The number of benzene rings is 1. The Bertz CT molecular complexity index is 291. The molecule has 1 aromatic rings. The molecule has 0 amide bonds. The highest BCUT2D eigenvalue weighted by atomic mass is 35.5. The van der Waals surface area contributed by atoms with Gasteiger partial charge in [-0.3, -0.25) is 0 Å². The largest absolute Gasteiger partial charge is 0.497 e. The second-order valence-electron chi connectivity index (χ2n) is 2.79. The third-order valence-corrected chi connectivity index (χ3v) is 2.04. The molecule has 1 rings (SSSR count). The number of rotatable bonds is 5. The van der Waals surface area contributed by atoms with E-state index in [1.807, 2.05) is 6.07 Å². The molecule has 0 radical (unpaired) electrons. The molecule has 0 heterocycles. The second-order valence-corrected chi connectivity index (χ2v) is 3.19. The van der Waals surface area contributed by atoms with Crippen LogP contribution >= 0.6 is 11.6 Å². The topological polar surface area (TPSA) is 44.5 Å². The maximum absolute atomic E-state index is 5.95. The van der Waals surface area contributed by atoms with Crippen LogP contribution in [0.15, 0.2) is 18.2 Å². The maximum atomic E-state index is 5.95. The fourth-order valence-electron chi connectivity index (χ4n) is 0.991. The van der Waals surface area contributed by atoms with Crippen molar-refractivity contribution < 1.29 is 9.47 Å². The van der Waals surface area contributed by atoms with Crippen molar-refractivity contribution in [1.82, 2.24) is 0 Å². The van der Waals surface area contributed by atoms with Crippen molar-refractivity contribution >= 4 is 11.6 Å². The van der Waals surface area contributed by atoms with Crippen molar-refractivity contribution in [3.63, 3.8) is 0 Å². The zero-order valence-electron chi connectivity index (χ0n) is 8.13. The van der Waals surface area contributed by atoms with E-state index in [9.17, 15) is 0 Å². The Morgan fingerprint density at radius 3 is 2.79 bits per heavy atom. The van der Waals surface area contributed by atoms with Gasteiger partial charge in [0, 0.05) is 6.07 Å². The Morgan fingerprint density at radius 1 is 1.43 bits per heavy atom. The fourth-order valence-corrected chi connectivity index (χ4v) is 1.22. The first-order valence-corrected chi connectivity index (χ1v) is 4.82. The van der Waals surface area contributed by atoms with Gasteiger partial charge in [-0.15, -0.1) is 0 Å². The lowest BCUT2D eigenvalue weighted by molar-refractivity contribution is 0.313. The van der Waals surface area contributed by atoms with Gasteiger partial charge in [0.25, 0.3) is 0 Å². The van der Waals surface area contributed by atoms with E-state index in [0.717, 1.165) is 12.2 Å². The summed E-state index contributed by atoms with van der Waals surface area (Å²) in [5.74, 6) is 1.39. The molecule has 0 bridgehead atoms. The lowest BCUT2D eigenvalue weighted by atomic mass is 10.3. The zero-order chi connectivity index (χ0) is 10.4. The molecular formula is C10H14ClNO2. The van der Waals surface area contributed by atoms with Crippen LogP contribution in [0.4, 0.5) is 0 Å². The molecule has 4 heteroatoms. The van der Waals surface area contributed by atoms with Crippen molar-refractivity contribution in [2.75, 3.05) is 20.3 Å². The van der Waals surface area contributed by atoms with Crippen LogP contribution in [0.5, 0.6) is 11.5 Å². The predicted octanol–water partition coefficient (Wildman–Crippen LogP) is 2.08. The van der Waals surface area contributed by atoms with Gasteiger partial charge >= 0.3 is 0 Å². The molecule has 0 fully saturated rings. The van der Waals surface area contributed by atoms with Crippen LogP contribution in [0.3, 0.4) is 0 Å². The number of methoxy groups -OCH3 is 1. The van der Waals surface area contributed by atoms with E-state index in [-0.39, 0.29) is 0 Å². The van der Waals surface area contributed by atoms with Crippen molar-refractivity contribution in [3.05, 3.63) is 23.2 Å². The summed E-state index contributed by atoms with van der Waals surface area (Å²) >= 11 is 5.95. The Balaban J connectivity index is 2.59. The summed E-state index contributed by atoms with van der Waals surface area (Å²) in [5, 5.41) is 0.557. The summed E-state index contributed by atoms with van der Waals surface area (Å²) in [7, 11) is 1.60. The second kappa shape index (κ2) is 5.73. The number of halogens is 1. The molecule has 0 saturated heterocycles. The predicted molar refractivity (Wildman–Crippen MR) is 57.2 cm³/mol. The highest BCUT2D eigenvalue weighted by molar-refractivity contribution is 6.32. The van der Waals surface area contributed by atoms with Crippen LogP contribution in [-0.2, 0) is 0 Å². The normalized spacial score (nSPS) is 9.93. The molecule has 14 heavy (non-hydrogen) atoms. The quantitative estimate of drug-likeness (QED) is 0.765. The van der Waals surface area contributed by atoms with Gasteiger partial charge in [-0.2, -0.15) is 0 Å². The van der Waals surface area contributed by atoms with E-state index in [0.29, 0.717) is 23.9 Å². The molecule has 0 aliphatic rings. The molecule has 0 saturated carbocycles. The lowest BCUT2D eigenvalue weighted by Gasteiger charge is -2.08. The van der Waals surface area contributed by atoms with Gasteiger partial charge < -0.3 is 15.2 Å². The van der Waals surface area contributed by atoms with Crippen LogP contribution in [0.25, 0.3) is 0 Å². The van der Waals surface area contributed by atoms with Gasteiger partial charge in [0.2, 0.25) is 0 Å². The highest BCUT2D eigenvalue weighted by Crippen LogP contribution is 2.28. The average molecular weight is 216 g/mol. The molecule has 0 aliphatic heterocycles. The van der Waals surface area contributed by atoms with Crippen LogP contribution in [0, 0.1) is 0 Å². The Kier molecular flexibility index (Phi) is 4.56. The van der Waals surface area contributed by atoms with Crippen molar-refractivity contribution in [3.8, 4) is 11.5 Å². The summed E-state index contributed by atoms with van der Waals surface area (Å²) in [6, 6.07) is 5.32. The van der Waals surface area contributed by atoms with Crippen molar-refractivity contribution in [2.24, 2.45) is 5.73 Å². The van der Waals surface area contributed by atoms with Crippen LogP contribution in [0.1, 0.15) is 6.42 Å². The first-order chi connectivity index (χ1) is 6.77. The molecule has 78 valence electrons. The molecule has 0 aromatic heterocycles. The summed E-state index contributed by atoms with van der Waals surface area (Å²) in [6.07, 6.45) is 0.822. The number of ether oxygens (including phenoxy) is 2. The standard InChI is InChI=1S/C10H14ClNO2/c1-13-8-3-4-10(9(11)7-8)14-6-2-5-12/h3-4,7H,2,5-6,12H2,1H3. The van der Waals surface area contributed by atoms with E-state index in [4.69, 9.17) is 26.8 Å². The Morgan fingerprint density at radius 2 is 2.21 bits per heavy atom. The minimum atomic E-state index is 0.557. The van der Waals surface area contributed by atoms with E-state index < -0.39 is 0 Å². The Hall–Kier alpha value is -0.930. The summed E-state index contributed by atoms with van der Waals surface area (Å²) < 4.78 is 10.4. The van der Waals surface area contributed by atoms with E-state index in [1.165, 1.54) is 0 Å². The number of hydrogen-bond donors (Lipinski definition) is 1. The van der Waals surface area contributed by atoms with Crippen molar-refractivity contribution in [1.29, 1.82) is 0 Å². The molecule has 0 aliphatic carbocycles. The summed E-state index contributed by atoms with van der Waals surface area (Å²) in [6.45, 7) is 1.20. The Labute approximate surface area is 88.8 Å². The van der Waals surface area contributed by atoms with Crippen LogP contribution < -0.4 is 15.2 Å². The minimum absolute atomic E-state index is 0.557. The van der Waals surface area contributed by atoms with Gasteiger partial charge in [-0.25, -0.2) is 0 Å². The first kappa shape index (κ1) is 11.1. The maximum Gasteiger partial charge on any atom is 0.138 e. The van der Waals surface area contributed by atoms with E-state index >= 15 is 0 Å². The number of nitrogens with two attached hydrogens (primary N) is 1. The summed E-state index contributed by atoms with van der Waals surface area (Å²) in [4.78, 5) is 0. The van der Waals surface area contributed by atoms with Gasteiger partial charge in [0.05, 0.1) is 18.7 Å². The lowest BCUT2D eigenvalue weighted by Crippen LogP contribution is -2.06. The molecule has 0 unspecified atom stereocenters. The third-order valence-electron chi connectivity index (χ3n) is 1.75. The smallest absolute Gasteiger partial charge is 0.138 e. The highest BCUT2D eigenvalue weighted by Gasteiger charge is 2.02. The van der Waals surface area contributed by atoms with Gasteiger partial charge in [-0.1, -0.05) is 11.6 Å². The molecule has 3 nitrogen and oxygen atoms in total. The minimum Gasteiger partial charge on any atom is -0.497 e. The van der Waals surface area contributed by atoms with E-state index in [2.05, 4.69) is 0 Å². The first-order valence-electron chi connectivity index (χ1n) is 4.44. The van der Waals surface area contributed by atoms with Crippen LogP contribution in [-0.4, -0.2) is 20.3 Å². The summed E-state index contributed by atoms with van der Waals surface area (Å²) in [5.41, 5.74) is 5.34. The van der Waals surface area contributed by atoms with Crippen LogP contribution in [0.2, 0.25) is 5.02 Å². The third kappa shape index (κ3) is 3.09. The van der Waals surface area contributed by atoms with Gasteiger partial charge in [-0.05, 0) is 25.1 Å². The average Bonchev–Trinajstić information content (AvgIpc) is 2.20. The molecule has 0 spiro atoms. The molecular weight excluding hydrogens is 202 g/mol.